The van der Waals surface area contributed by atoms with E-state index in [9.17, 15) is 4.79 Å². The number of carbonyl (C=O) groups excluding carboxylic acids is 1. The lowest BCUT2D eigenvalue weighted by atomic mass is 10.3. The predicted octanol–water partition coefficient (Wildman–Crippen LogP) is 3.06. The summed E-state index contributed by atoms with van der Waals surface area (Å²) in [5.74, 6) is 0.119. The first-order valence-corrected chi connectivity index (χ1v) is 6.55. The Morgan fingerprint density at radius 3 is 2.38 bits per heavy atom. The van der Waals surface area contributed by atoms with Gasteiger partial charge in [-0.1, -0.05) is 13.8 Å². The molecule has 1 aromatic rings. The van der Waals surface area contributed by atoms with E-state index in [2.05, 4.69) is 30.7 Å². The number of rotatable bonds is 5. The van der Waals surface area contributed by atoms with Crippen molar-refractivity contribution >= 4 is 17.1 Å². The maximum Gasteiger partial charge on any atom is 0.171 e. The fourth-order valence-corrected chi connectivity index (χ4v) is 2.90. The summed E-state index contributed by atoms with van der Waals surface area (Å²) in [5.41, 5.74) is 0.867. The maximum absolute atomic E-state index is 11.4. The molecule has 1 heterocycles. The summed E-state index contributed by atoms with van der Waals surface area (Å²) in [6.07, 6.45) is 0. The van der Waals surface area contributed by atoms with Crippen LogP contribution in [0.25, 0.3) is 0 Å². The number of thiazole rings is 1. The first-order valence-electron chi connectivity index (χ1n) is 5.73. The molecule has 0 spiro atoms. The first-order chi connectivity index (χ1) is 7.51. The minimum atomic E-state index is 0.119. The zero-order valence-corrected chi connectivity index (χ0v) is 11.5. The van der Waals surface area contributed by atoms with Crippen LogP contribution in [0, 0.1) is 6.92 Å². The summed E-state index contributed by atoms with van der Waals surface area (Å²) in [6.45, 7) is 12.0. The van der Waals surface area contributed by atoms with Gasteiger partial charge in [-0.25, -0.2) is 4.98 Å². The van der Waals surface area contributed by atoms with Crippen molar-refractivity contribution in [3.05, 3.63) is 15.6 Å². The predicted molar refractivity (Wildman–Crippen MR) is 68.2 cm³/mol. The van der Waals surface area contributed by atoms with E-state index in [0.717, 1.165) is 28.7 Å². The lowest BCUT2D eigenvalue weighted by molar-refractivity contribution is 0.102. The van der Waals surface area contributed by atoms with Crippen LogP contribution in [-0.4, -0.2) is 28.8 Å². The smallest absolute Gasteiger partial charge is 0.171 e. The molecule has 0 aliphatic carbocycles. The average molecular weight is 240 g/mol. The topological polar surface area (TPSA) is 33.2 Å². The van der Waals surface area contributed by atoms with Crippen LogP contribution < -0.4 is 0 Å². The average Bonchev–Trinajstić information content (AvgIpc) is 2.62. The standard InChI is InChI=1S/C12H20N2OS/c1-6-14(7-2)9(4)12-13-8(3)11(16-12)10(5)15/h9H,6-7H2,1-5H3. The van der Waals surface area contributed by atoms with Crippen LogP contribution in [0.5, 0.6) is 0 Å². The number of aryl methyl sites for hydroxylation is 1. The van der Waals surface area contributed by atoms with Crippen LogP contribution in [0.1, 0.15) is 54.1 Å². The van der Waals surface area contributed by atoms with Crippen molar-refractivity contribution in [1.82, 2.24) is 9.88 Å². The van der Waals surface area contributed by atoms with Gasteiger partial charge in [-0.05, 0) is 26.9 Å². The number of Topliss-reactive ketones (excluding diaryl/α,β-unsaturated/α-hetero) is 1. The van der Waals surface area contributed by atoms with Gasteiger partial charge in [0.15, 0.2) is 5.78 Å². The summed E-state index contributed by atoms with van der Waals surface area (Å²) < 4.78 is 0. The van der Waals surface area contributed by atoms with Crippen molar-refractivity contribution in [2.45, 2.75) is 40.7 Å². The lowest BCUT2D eigenvalue weighted by Gasteiger charge is -2.24. The molecular weight excluding hydrogens is 220 g/mol. The second-order valence-electron chi connectivity index (χ2n) is 3.92. The van der Waals surface area contributed by atoms with Crippen molar-refractivity contribution < 1.29 is 4.79 Å². The number of hydrogen-bond donors (Lipinski definition) is 0. The summed E-state index contributed by atoms with van der Waals surface area (Å²) >= 11 is 1.53. The van der Waals surface area contributed by atoms with E-state index in [0.29, 0.717) is 6.04 Å². The Morgan fingerprint density at radius 1 is 1.44 bits per heavy atom. The molecule has 0 aromatic carbocycles. The molecule has 0 saturated heterocycles. The molecule has 1 unspecified atom stereocenters. The van der Waals surface area contributed by atoms with E-state index in [1.165, 1.54) is 11.3 Å². The molecule has 0 amide bonds. The molecule has 0 bridgehead atoms. The van der Waals surface area contributed by atoms with Crippen molar-refractivity contribution in [2.24, 2.45) is 0 Å². The normalized spacial score (nSPS) is 13.1. The van der Waals surface area contributed by atoms with E-state index < -0.39 is 0 Å². The number of ketones is 1. The van der Waals surface area contributed by atoms with Crippen LogP contribution in [0.15, 0.2) is 0 Å². The van der Waals surface area contributed by atoms with Crippen molar-refractivity contribution in [1.29, 1.82) is 0 Å². The molecule has 0 N–H and O–H groups in total. The highest BCUT2D eigenvalue weighted by Gasteiger charge is 2.19. The third-order valence-electron chi connectivity index (χ3n) is 2.85. The number of hydrogen-bond acceptors (Lipinski definition) is 4. The summed E-state index contributed by atoms with van der Waals surface area (Å²) in [4.78, 5) is 19.0. The van der Waals surface area contributed by atoms with Gasteiger partial charge in [-0.3, -0.25) is 9.69 Å². The van der Waals surface area contributed by atoms with Gasteiger partial charge in [-0.2, -0.15) is 0 Å². The molecule has 1 aromatic heterocycles. The second-order valence-corrected chi connectivity index (χ2v) is 4.95. The van der Waals surface area contributed by atoms with Crippen molar-refractivity contribution in [3.8, 4) is 0 Å². The van der Waals surface area contributed by atoms with E-state index >= 15 is 0 Å². The summed E-state index contributed by atoms with van der Waals surface area (Å²) in [5, 5.41) is 1.05. The van der Waals surface area contributed by atoms with Gasteiger partial charge in [0.1, 0.15) is 5.01 Å². The van der Waals surface area contributed by atoms with Gasteiger partial charge in [0.2, 0.25) is 0 Å². The number of carbonyl (C=O) groups is 1. The van der Waals surface area contributed by atoms with Crippen LogP contribution in [-0.2, 0) is 0 Å². The van der Waals surface area contributed by atoms with Gasteiger partial charge < -0.3 is 0 Å². The fraction of sp³-hybridized carbons (Fsp3) is 0.667. The molecule has 0 aliphatic rings. The number of nitrogens with zero attached hydrogens (tertiary/aromatic N) is 2. The molecule has 4 heteroatoms. The first kappa shape index (κ1) is 13.3. The molecule has 3 nitrogen and oxygen atoms in total. The Labute approximate surface area is 101 Å². The highest BCUT2D eigenvalue weighted by atomic mass is 32.1. The largest absolute Gasteiger partial charge is 0.295 e. The fourth-order valence-electron chi connectivity index (χ4n) is 1.85. The quantitative estimate of drug-likeness (QED) is 0.742. The third kappa shape index (κ3) is 2.68. The van der Waals surface area contributed by atoms with E-state index in [1.54, 1.807) is 6.92 Å². The van der Waals surface area contributed by atoms with Crippen molar-refractivity contribution in [2.75, 3.05) is 13.1 Å². The zero-order valence-electron chi connectivity index (χ0n) is 10.7. The van der Waals surface area contributed by atoms with Crippen LogP contribution >= 0.6 is 11.3 Å². The van der Waals surface area contributed by atoms with Crippen LogP contribution in [0.4, 0.5) is 0 Å². The molecule has 16 heavy (non-hydrogen) atoms. The SMILES string of the molecule is CCN(CC)C(C)c1nc(C)c(C(C)=O)s1. The van der Waals surface area contributed by atoms with E-state index in [1.807, 2.05) is 6.92 Å². The van der Waals surface area contributed by atoms with Crippen LogP contribution in [0.3, 0.4) is 0 Å². The molecular formula is C12H20N2OS. The minimum absolute atomic E-state index is 0.119. The van der Waals surface area contributed by atoms with Crippen LogP contribution in [0.2, 0.25) is 0 Å². The molecule has 0 radical (unpaired) electrons. The monoisotopic (exact) mass is 240 g/mol. The van der Waals surface area contributed by atoms with Gasteiger partial charge in [0, 0.05) is 6.92 Å². The van der Waals surface area contributed by atoms with Gasteiger partial charge in [0.25, 0.3) is 0 Å². The Kier molecular flexibility index (Phi) is 4.62. The Balaban J connectivity index is 2.96. The highest BCUT2D eigenvalue weighted by molar-refractivity contribution is 7.13. The maximum atomic E-state index is 11.4. The van der Waals surface area contributed by atoms with Gasteiger partial charge >= 0.3 is 0 Å². The molecule has 0 saturated carbocycles. The minimum Gasteiger partial charge on any atom is -0.295 e. The zero-order chi connectivity index (χ0) is 12.3. The van der Waals surface area contributed by atoms with Crippen molar-refractivity contribution in [3.63, 3.8) is 0 Å². The second kappa shape index (κ2) is 5.55. The molecule has 90 valence electrons. The summed E-state index contributed by atoms with van der Waals surface area (Å²) in [6, 6.07) is 0.298. The lowest BCUT2D eigenvalue weighted by Crippen LogP contribution is -2.26. The Hall–Kier alpha value is -0.740. The van der Waals surface area contributed by atoms with Gasteiger partial charge in [-0.15, -0.1) is 11.3 Å². The highest BCUT2D eigenvalue weighted by Crippen LogP contribution is 2.27. The summed E-state index contributed by atoms with van der Waals surface area (Å²) in [7, 11) is 0. The Bertz CT molecular complexity index is 369. The van der Waals surface area contributed by atoms with Gasteiger partial charge in [0.05, 0.1) is 16.6 Å². The Morgan fingerprint density at radius 2 is 2.00 bits per heavy atom. The molecule has 1 rings (SSSR count). The van der Waals surface area contributed by atoms with E-state index in [-0.39, 0.29) is 5.78 Å². The molecule has 1 atom stereocenters. The molecule has 0 fully saturated rings. The van der Waals surface area contributed by atoms with E-state index in [4.69, 9.17) is 0 Å². The third-order valence-corrected chi connectivity index (χ3v) is 4.28. The molecule has 0 aliphatic heterocycles. The number of aromatic nitrogens is 1.